The van der Waals surface area contributed by atoms with Crippen molar-refractivity contribution in [2.45, 2.75) is 32.8 Å². The van der Waals surface area contributed by atoms with E-state index < -0.39 is 6.09 Å². The molecule has 0 saturated heterocycles. The molecule has 1 saturated carbocycles. The first-order valence-corrected chi connectivity index (χ1v) is 7.28. The van der Waals surface area contributed by atoms with Gasteiger partial charge in [-0.05, 0) is 56.9 Å². The smallest absolute Gasteiger partial charge is 0.412 e. The summed E-state index contributed by atoms with van der Waals surface area (Å²) >= 11 is 0. The van der Waals surface area contributed by atoms with E-state index in [2.05, 4.69) is 10.5 Å². The Morgan fingerprint density at radius 1 is 1.41 bits per heavy atom. The Kier molecular flexibility index (Phi) is 3.75. The Hall–Kier alpha value is -2.50. The van der Waals surface area contributed by atoms with Gasteiger partial charge < -0.3 is 14.4 Å². The van der Waals surface area contributed by atoms with Gasteiger partial charge >= 0.3 is 6.09 Å². The molecular weight excluding hydrogens is 284 g/mol. The number of hydrogen-bond acceptors (Lipinski definition) is 5. The van der Waals surface area contributed by atoms with Gasteiger partial charge in [0.2, 0.25) is 0 Å². The van der Waals surface area contributed by atoms with E-state index in [4.69, 9.17) is 9.26 Å². The Morgan fingerprint density at radius 3 is 2.73 bits per heavy atom. The molecule has 0 aliphatic heterocycles. The quantitative estimate of drug-likeness (QED) is 0.899. The molecule has 0 radical (unpaired) electrons. The third kappa shape index (κ3) is 3.05. The number of carbonyl (C=O) groups excluding carboxylic acids is 1. The number of ether oxygens (including phenoxy) is 1. The summed E-state index contributed by atoms with van der Waals surface area (Å²) in [7, 11) is 0. The van der Waals surface area contributed by atoms with Crippen molar-refractivity contribution in [1.82, 2.24) is 5.16 Å². The maximum absolute atomic E-state index is 12.0. The zero-order valence-electron chi connectivity index (χ0n) is 12.5. The number of anilines is 1. The number of phenols is 1. The number of benzene rings is 1. The molecule has 1 fully saturated rings. The summed E-state index contributed by atoms with van der Waals surface area (Å²) in [6.07, 6.45) is 1.63. The molecule has 1 aromatic heterocycles. The van der Waals surface area contributed by atoms with Crippen LogP contribution in [0, 0.1) is 12.8 Å². The van der Waals surface area contributed by atoms with Crippen LogP contribution in [-0.2, 0) is 4.74 Å². The van der Waals surface area contributed by atoms with Crippen molar-refractivity contribution >= 4 is 11.8 Å². The lowest BCUT2D eigenvalue weighted by atomic mass is 10.1. The lowest BCUT2D eigenvalue weighted by molar-refractivity contribution is 0.108. The lowest BCUT2D eigenvalue weighted by Crippen LogP contribution is -2.21. The fourth-order valence-electron chi connectivity index (χ4n) is 2.29. The van der Waals surface area contributed by atoms with Crippen LogP contribution in [0.1, 0.15) is 25.5 Å². The largest absolute Gasteiger partial charge is 0.508 e. The first-order chi connectivity index (χ1) is 10.5. The average Bonchev–Trinajstić information content (AvgIpc) is 3.27. The fourth-order valence-corrected chi connectivity index (χ4v) is 2.29. The van der Waals surface area contributed by atoms with Crippen molar-refractivity contribution < 1.29 is 19.2 Å². The van der Waals surface area contributed by atoms with Crippen LogP contribution >= 0.6 is 0 Å². The molecule has 0 spiro atoms. The van der Waals surface area contributed by atoms with Gasteiger partial charge in [0.05, 0.1) is 0 Å². The third-order valence-corrected chi connectivity index (χ3v) is 3.80. The van der Waals surface area contributed by atoms with E-state index in [1.54, 1.807) is 31.2 Å². The first-order valence-electron chi connectivity index (χ1n) is 7.28. The third-order valence-electron chi connectivity index (χ3n) is 3.80. The summed E-state index contributed by atoms with van der Waals surface area (Å²) < 4.78 is 10.6. The minimum atomic E-state index is -0.509. The lowest BCUT2D eigenvalue weighted by Gasteiger charge is -2.13. The van der Waals surface area contributed by atoms with Gasteiger partial charge in [-0.1, -0.05) is 5.16 Å². The second kappa shape index (κ2) is 5.71. The minimum Gasteiger partial charge on any atom is -0.508 e. The van der Waals surface area contributed by atoms with E-state index in [0.29, 0.717) is 28.6 Å². The van der Waals surface area contributed by atoms with Crippen molar-refractivity contribution in [3.63, 3.8) is 0 Å². The molecule has 1 atom stereocenters. The van der Waals surface area contributed by atoms with Crippen molar-refractivity contribution in [3.8, 4) is 17.1 Å². The molecule has 1 heterocycles. The molecule has 1 aliphatic carbocycles. The van der Waals surface area contributed by atoms with Gasteiger partial charge in [0, 0.05) is 5.56 Å². The van der Waals surface area contributed by atoms with Gasteiger partial charge in [-0.15, -0.1) is 0 Å². The number of phenolic OH excluding ortho intramolecular Hbond substituents is 1. The topological polar surface area (TPSA) is 84.6 Å². The van der Waals surface area contributed by atoms with Crippen LogP contribution in [0.25, 0.3) is 11.3 Å². The van der Waals surface area contributed by atoms with E-state index in [1.807, 2.05) is 6.92 Å². The van der Waals surface area contributed by atoms with E-state index >= 15 is 0 Å². The zero-order chi connectivity index (χ0) is 15.7. The van der Waals surface area contributed by atoms with Gasteiger partial charge in [0.15, 0.2) is 5.76 Å². The number of nitrogens with zero attached hydrogens (tertiary/aromatic N) is 1. The van der Waals surface area contributed by atoms with Crippen molar-refractivity contribution in [1.29, 1.82) is 0 Å². The number of aromatic nitrogens is 1. The number of amides is 1. The number of hydrogen-bond donors (Lipinski definition) is 2. The highest BCUT2D eigenvalue weighted by atomic mass is 16.6. The standard InChI is InChI=1S/C16H18N2O4/c1-9-14(17-16(20)21-10(2)11-3-4-11)15(22-18-9)12-5-7-13(19)8-6-12/h5-8,10-11,19H,3-4H2,1-2H3,(H,17,20). The molecule has 22 heavy (non-hydrogen) atoms. The molecule has 3 rings (SSSR count). The van der Waals surface area contributed by atoms with Crippen molar-refractivity contribution in [2.24, 2.45) is 5.92 Å². The van der Waals surface area contributed by atoms with E-state index in [9.17, 15) is 9.90 Å². The highest BCUT2D eigenvalue weighted by molar-refractivity contribution is 5.90. The summed E-state index contributed by atoms with van der Waals surface area (Å²) in [5.41, 5.74) is 1.77. The van der Waals surface area contributed by atoms with Crippen LogP contribution in [0.15, 0.2) is 28.8 Å². The molecule has 6 heteroatoms. The maximum atomic E-state index is 12.0. The number of carbonyl (C=O) groups is 1. The van der Waals surface area contributed by atoms with Crippen molar-refractivity contribution in [3.05, 3.63) is 30.0 Å². The van der Waals surface area contributed by atoms with E-state index in [0.717, 1.165) is 12.8 Å². The average molecular weight is 302 g/mol. The summed E-state index contributed by atoms with van der Waals surface area (Å²) in [5.74, 6) is 1.08. The predicted octanol–water partition coefficient (Wildman–Crippen LogP) is 3.70. The van der Waals surface area contributed by atoms with Crippen LogP contribution in [-0.4, -0.2) is 22.5 Å². The van der Waals surface area contributed by atoms with Gasteiger partial charge in [0.25, 0.3) is 0 Å². The SMILES string of the molecule is Cc1noc(-c2ccc(O)cc2)c1NC(=O)OC(C)C1CC1. The predicted molar refractivity (Wildman–Crippen MR) is 80.6 cm³/mol. The highest BCUT2D eigenvalue weighted by Gasteiger charge is 2.31. The highest BCUT2D eigenvalue weighted by Crippen LogP contribution is 2.35. The van der Waals surface area contributed by atoms with Crippen molar-refractivity contribution in [2.75, 3.05) is 5.32 Å². The summed E-state index contributed by atoms with van der Waals surface area (Å²) in [6.45, 7) is 3.64. The summed E-state index contributed by atoms with van der Waals surface area (Å²) in [6, 6.07) is 6.48. The minimum absolute atomic E-state index is 0.0858. The Morgan fingerprint density at radius 2 is 2.09 bits per heavy atom. The summed E-state index contributed by atoms with van der Waals surface area (Å²) in [4.78, 5) is 12.0. The second-order valence-electron chi connectivity index (χ2n) is 5.59. The molecule has 2 N–H and O–H groups in total. The molecule has 0 bridgehead atoms. The Labute approximate surface area is 128 Å². The van der Waals surface area contributed by atoms with Crippen LogP contribution in [0.3, 0.4) is 0 Å². The van der Waals surface area contributed by atoms with Gasteiger partial charge in [-0.2, -0.15) is 0 Å². The number of rotatable bonds is 4. The molecule has 2 aromatic rings. The summed E-state index contributed by atoms with van der Waals surface area (Å²) in [5, 5.41) is 15.9. The molecule has 116 valence electrons. The molecule has 1 amide bonds. The maximum Gasteiger partial charge on any atom is 0.412 e. The number of nitrogens with one attached hydrogen (secondary N) is 1. The monoisotopic (exact) mass is 302 g/mol. The first kappa shape index (κ1) is 14.4. The van der Waals surface area contributed by atoms with E-state index in [1.165, 1.54) is 0 Å². The number of aryl methyl sites for hydroxylation is 1. The van der Waals surface area contributed by atoms with Crippen LogP contribution in [0.2, 0.25) is 0 Å². The Bertz CT molecular complexity index is 674. The number of aromatic hydroxyl groups is 1. The zero-order valence-corrected chi connectivity index (χ0v) is 12.5. The fraction of sp³-hybridized carbons (Fsp3) is 0.375. The molecule has 6 nitrogen and oxygen atoms in total. The van der Waals surface area contributed by atoms with Crippen LogP contribution in [0.4, 0.5) is 10.5 Å². The van der Waals surface area contributed by atoms with Crippen LogP contribution < -0.4 is 5.32 Å². The van der Waals surface area contributed by atoms with Crippen LogP contribution in [0.5, 0.6) is 5.75 Å². The molecule has 1 aromatic carbocycles. The Balaban J connectivity index is 1.76. The normalized spacial score (nSPS) is 15.4. The molecule has 1 unspecified atom stereocenters. The van der Waals surface area contributed by atoms with Gasteiger partial charge in [-0.25, -0.2) is 4.79 Å². The molecular formula is C16H18N2O4. The van der Waals surface area contributed by atoms with Gasteiger partial charge in [-0.3, -0.25) is 5.32 Å². The van der Waals surface area contributed by atoms with E-state index in [-0.39, 0.29) is 11.9 Å². The molecule has 1 aliphatic rings. The second-order valence-corrected chi connectivity index (χ2v) is 5.59. The van der Waals surface area contributed by atoms with Gasteiger partial charge in [0.1, 0.15) is 23.2 Å².